The van der Waals surface area contributed by atoms with E-state index in [9.17, 15) is 0 Å². The van der Waals surface area contributed by atoms with Crippen LogP contribution in [0.2, 0.25) is 0 Å². The number of aromatic amines is 1. The Labute approximate surface area is 195 Å². The average molecular weight is 438 g/mol. The maximum atomic E-state index is 6.16. The van der Waals surface area contributed by atoms with Gasteiger partial charge >= 0.3 is 0 Å². The summed E-state index contributed by atoms with van der Waals surface area (Å²) in [7, 11) is 0. The van der Waals surface area contributed by atoms with Crippen molar-refractivity contribution in [2.45, 2.75) is 77.8 Å². The van der Waals surface area contributed by atoms with E-state index in [1.807, 2.05) is 6.20 Å². The van der Waals surface area contributed by atoms with Gasteiger partial charge in [0.2, 0.25) is 0 Å². The van der Waals surface area contributed by atoms with Crippen LogP contribution < -0.4 is 9.64 Å². The third kappa shape index (κ3) is 6.78. The second-order valence-corrected chi connectivity index (χ2v) is 10.4. The number of nitrogens with zero attached hydrogens (tertiary/aromatic N) is 2. The van der Waals surface area contributed by atoms with E-state index in [2.05, 4.69) is 65.2 Å². The fraction of sp³-hybridized carbons (Fsp3) is 0.643. The van der Waals surface area contributed by atoms with E-state index in [1.165, 1.54) is 75.7 Å². The molecule has 0 atom stereocenters. The van der Waals surface area contributed by atoms with Crippen LogP contribution in [0.25, 0.3) is 0 Å². The zero-order valence-corrected chi connectivity index (χ0v) is 20.3. The largest absolute Gasteiger partial charge is 0.493 e. The summed E-state index contributed by atoms with van der Waals surface area (Å²) >= 11 is 0. The standard InChI is InChI=1S/C28H43N3O/c1-23(2)13-19-31(27-14-17-30(18-15-27)21-25-12-16-29-20-25)26-8-10-28(11-9-26)32-22-24-6-4-3-5-7-24/h8-12,16,20,23-24,27,29H,3-7,13-15,17-19,21-22H2,1-2H3. The highest BCUT2D eigenvalue weighted by atomic mass is 16.5. The van der Waals surface area contributed by atoms with E-state index in [0.29, 0.717) is 6.04 Å². The SMILES string of the molecule is CC(C)CCN(c1ccc(OCC2CCCCC2)cc1)C1CCN(Cc2cc[nH]c2)CC1. The molecule has 32 heavy (non-hydrogen) atoms. The van der Waals surface area contributed by atoms with Gasteiger partial charge in [0.15, 0.2) is 0 Å². The summed E-state index contributed by atoms with van der Waals surface area (Å²) in [5.41, 5.74) is 2.75. The van der Waals surface area contributed by atoms with Crippen LogP contribution in [0.1, 0.15) is 70.8 Å². The van der Waals surface area contributed by atoms with Crippen molar-refractivity contribution < 1.29 is 4.74 Å². The summed E-state index contributed by atoms with van der Waals surface area (Å²) in [6.45, 7) is 10.1. The molecule has 0 amide bonds. The highest BCUT2D eigenvalue weighted by Gasteiger charge is 2.25. The number of anilines is 1. The Bertz CT molecular complexity index is 756. The molecule has 0 bridgehead atoms. The minimum Gasteiger partial charge on any atom is -0.493 e. The quantitative estimate of drug-likeness (QED) is 0.461. The summed E-state index contributed by atoms with van der Waals surface area (Å²) < 4.78 is 6.16. The second kappa shape index (κ2) is 11.8. The van der Waals surface area contributed by atoms with Crippen molar-refractivity contribution in [3.63, 3.8) is 0 Å². The molecule has 2 aliphatic rings. The first kappa shape index (κ1) is 23.2. The van der Waals surface area contributed by atoms with Crippen LogP contribution in [-0.4, -0.2) is 42.2 Å². The van der Waals surface area contributed by atoms with E-state index in [1.54, 1.807) is 0 Å². The van der Waals surface area contributed by atoms with Gasteiger partial charge in [-0.2, -0.15) is 0 Å². The first-order valence-electron chi connectivity index (χ1n) is 13.0. The molecule has 1 N–H and O–H groups in total. The molecular weight excluding hydrogens is 394 g/mol. The molecule has 2 heterocycles. The normalized spacial score (nSPS) is 18.8. The third-order valence-electron chi connectivity index (χ3n) is 7.39. The molecule has 176 valence electrons. The van der Waals surface area contributed by atoms with Crippen LogP contribution in [0.3, 0.4) is 0 Å². The third-order valence-corrected chi connectivity index (χ3v) is 7.39. The van der Waals surface area contributed by atoms with Crippen LogP contribution in [0.5, 0.6) is 5.75 Å². The van der Waals surface area contributed by atoms with Crippen LogP contribution in [-0.2, 0) is 6.54 Å². The summed E-state index contributed by atoms with van der Waals surface area (Å²) in [5, 5.41) is 0. The maximum absolute atomic E-state index is 6.16. The first-order chi connectivity index (χ1) is 15.7. The van der Waals surface area contributed by atoms with Gasteiger partial charge in [-0.1, -0.05) is 33.1 Å². The monoisotopic (exact) mass is 437 g/mol. The lowest BCUT2D eigenvalue weighted by molar-refractivity contribution is 0.200. The van der Waals surface area contributed by atoms with Crippen LogP contribution in [0.15, 0.2) is 42.7 Å². The molecule has 4 heteroatoms. The van der Waals surface area contributed by atoms with Gasteiger partial charge in [-0.05, 0) is 79.8 Å². The molecule has 1 aliphatic carbocycles. The molecule has 2 aromatic rings. The van der Waals surface area contributed by atoms with Gasteiger partial charge in [-0.25, -0.2) is 0 Å². The number of nitrogens with one attached hydrogen (secondary N) is 1. The van der Waals surface area contributed by atoms with Crippen molar-refractivity contribution >= 4 is 5.69 Å². The Hall–Kier alpha value is -1.94. The Morgan fingerprint density at radius 2 is 1.75 bits per heavy atom. The lowest BCUT2D eigenvalue weighted by Gasteiger charge is -2.40. The van der Waals surface area contributed by atoms with Gasteiger partial charge in [0.1, 0.15) is 5.75 Å². The Kier molecular flexibility index (Phi) is 8.55. The lowest BCUT2D eigenvalue weighted by Crippen LogP contribution is -2.45. The Morgan fingerprint density at radius 1 is 1.00 bits per heavy atom. The maximum Gasteiger partial charge on any atom is 0.119 e. The fourth-order valence-electron chi connectivity index (χ4n) is 5.33. The topological polar surface area (TPSA) is 31.5 Å². The van der Waals surface area contributed by atoms with Crippen molar-refractivity contribution in [3.8, 4) is 5.75 Å². The van der Waals surface area contributed by atoms with Crippen molar-refractivity contribution in [2.24, 2.45) is 11.8 Å². The van der Waals surface area contributed by atoms with E-state index < -0.39 is 0 Å². The number of likely N-dealkylation sites (tertiary alicyclic amines) is 1. The molecule has 0 unspecified atom stereocenters. The highest BCUT2D eigenvalue weighted by molar-refractivity contribution is 5.50. The number of benzene rings is 1. The first-order valence-corrected chi connectivity index (χ1v) is 13.0. The van der Waals surface area contributed by atoms with Crippen LogP contribution in [0.4, 0.5) is 5.69 Å². The highest BCUT2D eigenvalue weighted by Crippen LogP contribution is 2.29. The number of rotatable bonds is 10. The van der Waals surface area contributed by atoms with Crippen molar-refractivity contribution in [2.75, 3.05) is 31.1 Å². The Morgan fingerprint density at radius 3 is 2.41 bits per heavy atom. The summed E-state index contributed by atoms with van der Waals surface area (Å²) in [6.07, 6.45) is 14.7. The summed E-state index contributed by atoms with van der Waals surface area (Å²) in [4.78, 5) is 8.46. The predicted octanol–water partition coefficient (Wildman–Crippen LogP) is 6.49. The number of ether oxygens (including phenoxy) is 1. The number of piperidine rings is 1. The molecule has 1 aromatic carbocycles. The minimum atomic E-state index is 0.630. The zero-order chi connectivity index (χ0) is 22.2. The van der Waals surface area contributed by atoms with Gasteiger partial charge in [0, 0.05) is 50.3 Å². The van der Waals surface area contributed by atoms with Crippen molar-refractivity contribution in [1.29, 1.82) is 0 Å². The smallest absolute Gasteiger partial charge is 0.119 e. The fourth-order valence-corrected chi connectivity index (χ4v) is 5.33. The van der Waals surface area contributed by atoms with Crippen LogP contribution >= 0.6 is 0 Å². The number of hydrogen-bond acceptors (Lipinski definition) is 3. The minimum absolute atomic E-state index is 0.630. The van der Waals surface area contributed by atoms with Gasteiger partial charge < -0.3 is 14.6 Å². The van der Waals surface area contributed by atoms with Gasteiger partial charge in [0.05, 0.1) is 6.61 Å². The molecule has 4 nitrogen and oxygen atoms in total. The van der Waals surface area contributed by atoms with Gasteiger partial charge in [0.25, 0.3) is 0 Å². The molecule has 0 radical (unpaired) electrons. The molecule has 1 saturated heterocycles. The lowest BCUT2D eigenvalue weighted by atomic mass is 9.90. The zero-order valence-electron chi connectivity index (χ0n) is 20.3. The number of hydrogen-bond donors (Lipinski definition) is 1. The van der Waals surface area contributed by atoms with Crippen molar-refractivity contribution in [3.05, 3.63) is 48.3 Å². The van der Waals surface area contributed by atoms with Crippen molar-refractivity contribution in [1.82, 2.24) is 9.88 Å². The molecule has 0 spiro atoms. The van der Waals surface area contributed by atoms with E-state index in [-0.39, 0.29) is 0 Å². The van der Waals surface area contributed by atoms with Gasteiger partial charge in [-0.15, -0.1) is 0 Å². The number of aromatic nitrogens is 1. The summed E-state index contributed by atoms with van der Waals surface area (Å²) in [5.74, 6) is 2.51. The van der Waals surface area contributed by atoms with E-state index >= 15 is 0 Å². The molecule has 1 saturated carbocycles. The molecule has 4 rings (SSSR count). The molecular formula is C28H43N3O. The van der Waals surface area contributed by atoms with Crippen LogP contribution in [0, 0.1) is 11.8 Å². The average Bonchev–Trinajstić information content (AvgIpc) is 3.33. The molecule has 1 aliphatic heterocycles. The van der Waals surface area contributed by atoms with E-state index in [4.69, 9.17) is 4.74 Å². The summed E-state index contributed by atoms with van der Waals surface area (Å²) in [6, 6.07) is 11.8. The van der Waals surface area contributed by atoms with Gasteiger partial charge in [-0.3, -0.25) is 4.90 Å². The molecule has 2 fully saturated rings. The molecule has 1 aromatic heterocycles. The Balaban J connectivity index is 1.33. The predicted molar refractivity (Wildman–Crippen MR) is 134 cm³/mol. The number of H-pyrrole nitrogens is 1. The van der Waals surface area contributed by atoms with E-state index in [0.717, 1.165) is 37.3 Å². The second-order valence-electron chi connectivity index (χ2n) is 10.4.